The Labute approximate surface area is 212 Å². The number of anilines is 1. The van der Waals surface area contributed by atoms with E-state index in [-0.39, 0.29) is 11.5 Å². The first-order valence-electron chi connectivity index (χ1n) is 11.2. The Morgan fingerprint density at radius 1 is 1.08 bits per heavy atom. The SMILES string of the molecule is COc1ccccc1NCc1nnc(S[C@@H](C)C(=O)N/N=C\c2ccccc2F)n1-c1ccccc1. The fourth-order valence-electron chi connectivity index (χ4n) is 3.34. The van der Waals surface area contributed by atoms with Crippen molar-refractivity contribution in [3.05, 3.63) is 96.1 Å². The van der Waals surface area contributed by atoms with E-state index in [2.05, 4.69) is 26.0 Å². The minimum absolute atomic E-state index is 0.286. The zero-order valence-electron chi connectivity index (χ0n) is 19.8. The zero-order valence-corrected chi connectivity index (χ0v) is 20.6. The molecule has 0 spiro atoms. The number of carbonyl (C=O) groups excluding carboxylic acids is 1. The van der Waals surface area contributed by atoms with Crippen molar-refractivity contribution in [3.63, 3.8) is 0 Å². The second-order valence-corrected chi connectivity index (χ2v) is 8.95. The summed E-state index contributed by atoms with van der Waals surface area (Å²) in [5.74, 6) is 0.630. The van der Waals surface area contributed by atoms with Crippen LogP contribution < -0.4 is 15.5 Å². The standard InChI is InChI=1S/C26H25FN6O2S/c1-18(25(34)31-29-16-19-10-6-7-13-21(19)27)36-26-32-30-24(33(26)20-11-4-3-5-12-20)17-28-22-14-8-9-15-23(22)35-2/h3-16,18,28H,17H2,1-2H3,(H,31,34)/b29-16-/t18-/m0/s1. The molecule has 1 atom stereocenters. The molecule has 0 aliphatic heterocycles. The van der Waals surface area contributed by atoms with Crippen LogP contribution in [-0.2, 0) is 11.3 Å². The number of rotatable bonds is 10. The van der Waals surface area contributed by atoms with Crippen LogP contribution in [-0.4, -0.2) is 39.2 Å². The third-order valence-electron chi connectivity index (χ3n) is 5.19. The van der Waals surface area contributed by atoms with E-state index in [0.717, 1.165) is 17.1 Å². The van der Waals surface area contributed by atoms with Crippen LogP contribution in [0.4, 0.5) is 10.1 Å². The van der Waals surface area contributed by atoms with Gasteiger partial charge in [-0.05, 0) is 37.3 Å². The first kappa shape index (κ1) is 24.9. The number of nitrogens with zero attached hydrogens (tertiary/aromatic N) is 4. The molecule has 0 aliphatic carbocycles. The predicted octanol–water partition coefficient (Wildman–Crippen LogP) is 4.66. The largest absolute Gasteiger partial charge is 0.495 e. The van der Waals surface area contributed by atoms with E-state index in [0.29, 0.717) is 17.5 Å². The number of amides is 1. The second kappa shape index (κ2) is 12.0. The van der Waals surface area contributed by atoms with Gasteiger partial charge in [0.2, 0.25) is 0 Å². The maximum Gasteiger partial charge on any atom is 0.253 e. The predicted molar refractivity (Wildman–Crippen MR) is 139 cm³/mol. The Morgan fingerprint density at radius 3 is 2.58 bits per heavy atom. The highest BCUT2D eigenvalue weighted by molar-refractivity contribution is 8.00. The van der Waals surface area contributed by atoms with Crippen molar-refractivity contribution in [3.8, 4) is 11.4 Å². The van der Waals surface area contributed by atoms with Crippen LogP contribution in [0.25, 0.3) is 5.69 Å². The zero-order chi connectivity index (χ0) is 25.3. The molecule has 0 radical (unpaired) electrons. The van der Waals surface area contributed by atoms with Gasteiger partial charge in [-0.25, -0.2) is 9.82 Å². The van der Waals surface area contributed by atoms with E-state index in [1.54, 1.807) is 32.2 Å². The van der Waals surface area contributed by atoms with E-state index in [4.69, 9.17) is 4.74 Å². The van der Waals surface area contributed by atoms with Crippen molar-refractivity contribution in [2.24, 2.45) is 5.10 Å². The first-order valence-corrected chi connectivity index (χ1v) is 12.1. The van der Waals surface area contributed by atoms with E-state index in [9.17, 15) is 9.18 Å². The highest BCUT2D eigenvalue weighted by Gasteiger charge is 2.21. The lowest BCUT2D eigenvalue weighted by atomic mass is 10.2. The van der Waals surface area contributed by atoms with Crippen molar-refractivity contribution < 1.29 is 13.9 Å². The Morgan fingerprint density at radius 2 is 1.81 bits per heavy atom. The number of carbonyl (C=O) groups is 1. The topological polar surface area (TPSA) is 93.4 Å². The van der Waals surface area contributed by atoms with Gasteiger partial charge in [0.1, 0.15) is 11.6 Å². The van der Waals surface area contributed by atoms with Crippen LogP contribution in [0.1, 0.15) is 18.3 Å². The van der Waals surface area contributed by atoms with Crippen LogP contribution in [0.2, 0.25) is 0 Å². The number of benzene rings is 3. The lowest BCUT2D eigenvalue weighted by molar-refractivity contribution is -0.120. The van der Waals surface area contributed by atoms with Gasteiger partial charge in [-0.1, -0.05) is 60.3 Å². The Bertz CT molecular complexity index is 1350. The molecular weight excluding hydrogens is 479 g/mol. The summed E-state index contributed by atoms with van der Waals surface area (Å²) in [5, 5.41) is 16.0. The number of thioether (sulfide) groups is 1. The number of para-hydroxylation sites is 3. The third kappa shape index (κ3) is 6.08. The Balaban J connectivity index is 1.49. The summed E-state index contributed by atoms with van der Waals surface area (Å²) in [4.78, 5) is 12.6. The molecule has 4 aromatic rings. The number of hydrogen-bond acceptors (Lipinski definition) is 7. The molecule has 4 rings (SSSR count). The van der Waals surface area contributed by atoms with Crippen molar-refractivity contribution in [1.82, 2.24) is 20.2 Å². The van der Waals surface area contributed by atoms with Gasteiger partial charge in [-0.3, -0.25) is 9.36 Å². The molecule has 2 N–H and O–H groups in total. The number of halogens is 1. The van der Waals surface area contributed by atoms with Gasteiger partial charge in [0.15, 0.2) is 11.0 Å². The van der Waals surface area contributed by atoms with Crippen LogP contribution >= 0.6 is 11.8 Å². The van der Waals surface area contributed by atoms with Gasteiger partial charge in [0.05, 0.1) is 30.8 Å². The van der Waals surface area contributed by atoms with Gasteiger partial charge >= 0.3 is 0 Å². The summed E-state index contributed by atoms with van der Waals surface area (Å²) in [5.41, 5.74) is 4.45. The Hall–Kier alpha value is -4.18. The third-order valence-corrected chi connectivity index (χ3v) is 6.24. The average Bonchev–Trinajstić information content (AvgIpc) is 3.31. The lowest BCUT2D eigenvalue weighted by Crippen LogP contribution is -2.27. The second-order valence-electron chi connectivity index (χ2n) is 7.64. The molecule has 8 nitrogen and oxygen atoms in total. The van der Waals surface area contributed by atoms with Crippen LogP contribution in [0.15, 0.2) is 89.1 Å². The summed E-state index contributed by atoms with van der Waals surface area (Å²) >= 11 is 1.25. The van der Waals surface area contributed by atoms with E-state index < -0.39 is 11.1 Å². The quantitative estimate of drug-likeness (QED) is 0.185. The molecule has 3 aromatic carbocycles. The molecule has 0 aliphatic rings. The van der Waals surface area contributed by atoms with Gasteiger partial charge in [0, 0.05) is 11.3 Å². The van der Waals surface area contributed by atoms with Crippen molar-refractivity contribution in [2.75, 3.05) is 12.4 Å². The molecule has 1 amide bonds. The van der Waals surface area contributed by atoms with E-state index >= 15 is 0 Å². The minimum Gasteiger partial charge on any atom is -0.495 e. The molecule has 36 heavy (non-hydrogen) atoms. The van der Waals surface area contributed by atoms with Crippen LogP contribution in [0, 0.1) is 5.82 Å². The van der Waals surface area contributed by atoms with E-state index in [1.165, 1.54) is 24.0 Å². The highest BCUT2D eigenvalue weighted by Crippen LogP contribution is 2.27. The van der Waals surface area contributed by atoms with Crippen molar-refractivity contribution >= 4 is 29.6 Å². The number of hydrogen-bond donors (Lipinski definition) is 2. The summed E-state index contributed by atoms with van der Waals surface area (Å²) in [6.07, 6.45) is 1.28. The van der Waals surface area contributed by atoms with Gasteiger partial charge in [-0.15, -0.1) is 10.2 Å². The number of hydrazone groups is 1. The average molecular weight is 505 g/mol. The molecule has 1 heterocycles. The molecule has 0 unspecified atom stereocenters. The maximum absolute atomic E-state index is 13.7. The molecule has 0 saturated heterocycles. The summed E-state index contributed by atoms with van der Waals surface area (Å²) in [6, 6.07) is 23.5. The summed E-state index contributed by atoms with van der Waals surface area (Å²) in [7, 11) is 1.62. The molecule has 184 valence electrons. The minimum atomic E-state index is -0.538. The molecule has 0 saturated carbocycles. The molecule has 10 heteroatoms. The number of aromatic nitrogens is 3. The fourth-order valence-corrected chi connectivity index (χ4v) is 4.22. The van der Waals surface area contributed by atoms with E-state index in [1.807, 2.05) is 59.2 Å². The maximum atomic E-state index is 13.7. The molecule has 0 fully saturated rings. The summed E-state index contributed by atoms with van der Waals surface area (Å²) < 4.78 is 21.1. The number of nitrogens with one attached hydrogen (secondary N) is 2. The fraction of sp³-hybridized carbons (Fsp3) is 0.154. The van der Waals surface area contributed by atoms with Gasteiger partial charge < -0.3 is 10.1 Å². The van der Waals surface area contributed by atoms with Gasteiger partial charge in [0.25, 0.3) is 5.91 Å². The van der Waals surface area contributed by atoms with Crippen LogP contribution in [0.3, 0.4) is 0 Å². The molecule has 0 bridgehead atoms. The Kier molecular flexibility index (Phi) is 8.30. The van der Waals surface area contributed by atoms with Gasteiger partial charge in [-0.2, -0.15) is 5.10 Å². The van der Waals surface area contributed by atoms with Crippen LogP contribution in [0.5, 0.6) is 5.75 Å². The first-order chi connectivity index (χ1) is 17.6. The highest BCUT2D eigenvalue weighted by atomic mass is 32.2. The number of ether oxygens (including phenoxy) is 1. The monoisotopic (exact) mass is 504 g/mol. The lowest BCUT2D eigenvalue weighted by Gasteiger charge is -2.14. The number of methoxy groups -OCH3 is 1. The summed E-state index contributed by atoms with van der Waals surface area (Å²) in [6.45, 7) is 2.13. The molecule has 1 aromatic heterocycles. The van der Waals surface area contributed by atoms with Crippen molar-refractivity contribution in [2.45, 2.75) is 23.9 Å². The molecular formula is C26H25FN6O2S. The normalized spacial score (nSPS) is 11.9. The smallest absolute Gasteiger partial charge is 0.253 e. The van der Waals surface area contributed by atoms with Crippen molar-refractivity contribution in [1.29, 1.82) is 0 Å².